The zero-order valence-corrected chi connectivity index (χ0v) is 25.6. The average Bonchev–Trinajstić information content (AvgIpc) is 3.67. The predicted molar refractivity (Wildman–Crippen MR) is 191 cm³/mol. The molecule has 218 valence electrons. The smallest absolute Gasteiger partial charge is 0.171 e. The molecule has 0 fully saturated rings. The van der Waals surface area contributed by atoms with E-state index in [0.717, 1.165) is 76.6 Å². The van der Waals surface area contributed by atoms with Crippen LogP contribution in [-0.2, 0) is 4.57 Å². The van der Waals surface area contributed by atoms with Crippen LogP contribution in [0.5, 0.6) is 0 Å². The van der Waals surface area contributed by atoms with Gasteiger partial charge in [-0.15, -0.1) is 0 Å². The summed E-state index contributed by atoms with van der Waals surface area (Å²) in [6.07, 6.45) is 1.85. The second kappa shape index (κ2) is 10.4. The van der Waals surface area contributed by atoms with E-state index in [0.29, 0.717) is 0 Å². The van der Waals surface area contributed by atoms with E-state index in [9.17, 15) is 0 Å². The molecule has 0 unspecified atom stereocenters. The number of hydrogen-bond donors (Lipinski definition) is 0. The fourth-order valence-corrected chi connectivity index (χ4v) is 9.75. The molecule has 46 heavy (non-hydrogen) atoms. The highest BCUT2D eigenvalue weighted by molar-refractivity contribution is 7.85. The lowest BCUT2D eigenvalue weighted by molar-refractivity contribution is 0.592. The number of para-hydroxylation sites is 2. The van der Waals surface area contributed by atoms with Crippen LogP contribution >= 0.6 is 7.14 Å². The Morgan fingerprint density at radius 3 is 2.00 bits per heavy atom. The molecule has 9 aromatic rings. The number of hydrogen-bond acceptors (Lipinski definition) is 3. The topological polar surface area (TPSA) is 48.0 Å². The summed E-state index contributed by atoms with van der Waals surface area (Å²) in [5.41, 5.74) is 7.58. The molecular weight excluding hydrogens is 583 g/mol. The molecule has 0 atom stereocenters. The second-order valence-corrected chi connectivity index (χ2v) is 14.2. The summed E-state index contributed by atoms with van der Waals surface area (Å²) >= 11 is 0. The van der Waals surface area contributed by atoms with Gasteiger partial charge in [-0.3, -0.25) is 4.98 Å². The molecule has 0 spiro atoms. The molecule has 6 aromatic carbocycles. The molecule has 0 radical (unpaired) electrons. The minimum absolute atomic E-state index is 0.777. The molecule has 0 aliphatic carbocycles. The number of fused-ring (bicyclic) bond motifs is 6. The van der Waals surface area contributed by atoms with Crippen molar-refractivity contribution >= 4 is 66.9 Å². The molecule has 0 aliphatic heterocycles. The molecule has 3 aromatic heterocycles. The van der Waals surface area contributed by atoms with Gasteiger partial charge in [-0.1, -0.05) is 121 Å². The van der Waals surface area contributed by atoms with Crippen LogP contribution in [0.2, 0.25) is 0 Å². The first kappa shape index (κ1) is 26.7. The zero-order chi connectivity index (χ0) is 30.7. The van der Waals surface area contributed by atoms with E-state index in [1.54, 1.807) is 0 Å². The van der Waals surface area contributed by atoms with Crippen LogP contribution in [-0.4, -0.2) is 9.55 Å². The maximum Gasteiger partial charge on any atom is 0.171 e. The van der Waals surface area contributed by atoms with Crippen molar-refractivity contribution in [1.82, 2.24) is 9.55 Å². The van der Waals surface area contributed by atoms with E-state index < -0.39 is 7.14 Å². The lowest BCUT2D eigenvalue weighted by Gasteiger charge is -2.23. The van der Waals surface area contributed by atoms with Gasteiger partial charge in [0.2, 0.25) is 0 Å². The van der Waals surface area contributed by atoms with Gasteiger partial charge in [0, 0.05) is 49.5 Å². The predicted octanol–water partition coefficient (Wildman–Crippen LogP) is 9.38. The largest absolute Gasteiger partial charge is 0.455 e. The number of furan rings is 1. The van der Waals surface area contributed by atoms with Gasteiger partial charge in [0.25, 0.3) is 0 Å². The van der Waals surface area contributed by atoms with Crippen LogP contribution in [0, 0.1) is 0 Å². The molecule has 4 nitrogen and oxygen atoms in total. The van der Waals surface area contributed by atoms with Gasteiger partial charge in [-0.05, 0) is 42.0 Å². The van der Waals surface area contributed by atoms with Gasteiger partial charge in [0.1, 0.15) is 11.2 Å². The minimum Gasteiger partial charge on any atom is -0.455 e. The van der Waals surface area contributed by atoms with Crippen LogP contribution in [0.15, 0.2) is 168 Å². The third-order valence-corrected chi connectivity index (χ3v) is 12.1. The van der Waals surface area contributed by atoms with Crippen LogP contribution in [0.3, 0.4) is 0 Å². The Morgan fingerprint density at radius 1 is 0.543 bits per heavy atom. The second-order valence-electron chi connectivity index (χ2n) is 11.5. The molecule has 0 bridgehead atoms. The summed E-state index contributed by atoms with van der Waals surface area (Å²) < 4.78 is 24.4. The monoisotopic (exact) mass is 610 g/mol. The van der Waals surface area contributed by atoms with E-state index in [1.165, 1.54) is 0 Å². The normalized spacial score (nSPS) is 12.0. The molecule has 0 aliphatic rings. The molecule has 0 N–H and O–H groups in total. The first-order valence-corrected chi connectivity index (χ1v) is 17.0. The van der Waals surface area contributed by atoms with Gasteiger partial charge in [-0.25, -0.2) is 0 Å². The van der Waals surface area contributed by atoms with Crippen LogP contribution in [0.25, 0.3) is 60.7 Å². The maximum atomic E-state index is 15.5. The minimum atomic E-state index is -3.23. The first-order chi connectivity index (χ1) is 22.7. The van der Waals surface area contributed by atoms with Crippen LogP contribution in [0.1, 0.15) is 0 Å². The molecule has 9 rings (SSSR count). The van der Waals surface area contributed by atoms with Crippen molar-refractivity contribution in [3.63, 3.8) is 0 Å². The van der Waals surface area contributed by atoms with Gasteiger partial charge in [-0.2, -0.15) is 0 Å². The molecule has 3 heterocycles. The molecule has 0 saturated heterocycles. The number of nitrogens with zero attached hydrogens (tertiary/aromatic N) is 2. The van der Waals surface area contributed by atoms with Crippen molar-refractivity contribution in [3.05, 3.63) is 164 Å². The van der Waals surface area contributed by atoms with Gasteiger partial charge >= 0.3 is 0 Å². The summed E-state index contributed by atoms with van der Waals surface area (Å²) in [5.74, 6) is 0. The number of rotatable bonds is 5. The van der Waals surface area contributed by atoms with Crippen molar-refractivity contribution < 1.29 is 8.98 Å². The van der Waals surface area contributed by atoms with Crippen molar-refractivity contribution in [1.29, 1.82) is 0 Å². The Hall–Kier alpha value is -5.70. The summed E-state index contributed by atoms with van der Waals surface area (Å²) in [6.45, 7) is 0. The number of pyridine rings is 1. The van der Waals surface area contributed by atoms with E-state index in [1.807, 2.05) is 91.1 Å². The number of benzene rings is 6. The van der Waals surface area contributed by atoms with Crippen molar-refractivity contribution in [3.8, 4) is 16.8 Å². The first-order valence-electron chi connectivity index (χ1n) is 15.3. The van der Waals surface area contributed by atoms with E-state index in [4.69, 9.17) is 9.40 Å². The summed E-state index contributed by atoms with van der Waals surface area (Å²) in [6, 6.07) is 52.8. The van der Waals surface area contributed by atoms with E-state index in [2.05, 4.69) is 77.4 Å². The Morgan fingerprint density at radius 2 is 1.20 bits per heavy atom. The number of aromatic nitrogens is 2. The summed E-state index contributed by atoms with van der Waals surface area (Å²) in [5, 5.41) is 5.55. The quantitative estimate of drug-likeness (QED) is 0.183. The van der Waals surface area contributed by atoms with Crippen LogP contribution < -0.4 is 15.9 Å². The van der Waals surface area contributed by atoms with E-state index in [-0.39, 0.29) is 0 Å². The van der Waals surface area contributed by atoms with Gasteiger partial charge in [0.05, 0.1) is 16.6 Å². The highest BCUT2D eigenvalue weighted by Crippen LogP contribution is 2.46. The summed E-state index contributed by atoms with van der Waals surface area (Å²) in [7, 11) is -3.23. The maximum absolute atomic E-state index is 15.5. The third kappa shape index (κ3) is 3.94. The van der Waals surface area contributed by atoms with E-state index >= 15 is 4.57 Å². The molecular formula is C41H27N2O2P. The van der Waals surface area contributed by atoms with Crippen molar-refractivity contribution in [2.75, 3.05) is 0 Å². The average molecular weight is 611 g/mol. The Balaban J connectivity index is 1.28. The molecule has 0 amide bonds. The lowest BCUT2D eigenvalue weighted by Crippen LogP contribution is -2.26. The molecule has 5 heteroatoms. The van der Waals surface area contributed by atoms with Crippen molar-refractivity contribution in [2.24, 2.45) is 0 Å². The fraction of sp³-hybridized carbons (Fsp3) is 0. The third-order valence-electron chi connectivity index (χ3n) is 8.94. The van der Waals surface area contributed by atoms with Gasteiger partial charge < -0.3 is 13.5 Å². The highest BCUT2D eigenvalue weighted by Gasteiger charge is 2.32. The Bertz CT molecular complexity index is 2520. The Kier molecular flexibility index (Phi) is 6.06. The molecule has 0 saturated carbocycles. The summed E-state index contributed by atoms with van der Waals surface area (Å²) in [4.78, 5) is 4.71. The standard InChI is InChI=1S/C41H27N2O2P/c44-46(29-13-3-1-4-14-29,30-15-5-2-6-16-30)39-23-10-8-17-31(39)32-19-11-20-33-35-27-28(24-25-38(35)45-41(32)33)43-36-21-9-7-18-34(36)40-37(43)22-12-26-42-40/h1-27H. The fourth-order valence-electron chi connectivity index (χ4n) is 6.88. The Labute approximate surface area is 265 Å². The SMILES string of the molecule is O=P(c1ccccc1)(c1ccccc1)c1ccccc1-c1cccc2c1oc1ccc(-n3c4ccccc4c4ncccc43)cc12. The van der Waals surface area contributed by atoms with Crippen molar-refractivity contribution in [2.45, 2.75) is 0 Å². The van der Waals surface area contributed by atoms with Crippen LogP contribution in [0.4, 0.5) is 0 Å². The van der Waals surface area contributed by atoms with Gasteiger partial charge in [0.15, 0.2) is 7.14 Å². The zero-order valence-electron chi connectivity index (χ0n) is 24.7. The highest BCUT2D eigenvalue weighted by atomic mass is 31.2. The lowest BCUT2D eigenvalue weighted by atomic mass is 10.0.